The lowest BCUT2D eigenvalue weighted by Crippen LogP contribution is -2.21. The van der Waals surface area contributed by atoms with E-state index in [0.717, 1.165) is 24.3 Å². The van der Waals surface area contributed by atoms with Gasteiger partial charge in [0, 0.05) is 19.8 Å². The quantitative estimate of drug-likeness (QED) is 0.761. The van der Waals surface area contributed by atoms with Crippen LogP contribution in [0.15, 0.2) is 42.5 Å². The van der Waals surface area contributed by atoms with Crippen LogP contribution in [0.3, 0.4) is 0 Å². The van der Waals surface area contributed by atoms with Crippen LogP contribution < -0.4 is 10.2 Å². The van der Waals surface area contributed by atoms with Crippen molar-refractivity contribution in [2.45, 2.75) is 12.4 Å². The number of hydrogen-bond donors (Lipinski definition) is 1. The van der Waals surface area contributed by atoms with Crippen molar-refractivity contribution in [3.63, 3.8) is 0 Å². The van der Waals surface area contributed by atoms with E-state index >= 15 is 0 Å². The maximum atomic E-state index is 13.3. The Morgan fingerprint density at radius 2 is 1.46 bits per heavy atom. The van der Waals surface area contributed by atoms with Crippen molar-refractivity contribution in [2.75, 3.05) is 24.3 Å². The highest BCUT2D eigenvalue weighted by molar-refractivity contribution is 6.06. The predicted molar refractivity (Wildman–Crippen MR) is 85.2 cm³/mol. The highest BCUT2D eigenvalue weighted by Crippen LogP contribution is 2.38. The van der Waals surface area contributed by atoms with Crippen molar-refractivity contribution in [3.05, 3.63) is 59.2 Å². The summed E-state index contributed by atoms with van der Waals surface area (Å²) < 4.78 is 78.8. The zero-order valence-electron chi connectivity index (χ0n) is 13.7. The Hall–Kier alpha value is -2.71. The molecule has 9 heteroatoms. The fourth-order valence-corrected chi connectivity index (χ4v) is 2.27. The van der Waals surface area contributed by atoms with Crippen LogP contribution in [0, 0.1) is 0 Å². The fraction of sp³-hybridized carbons (Fsp3) is 0.235. The summed E-state index contributed by atoms with van der Waals surface area (Å²) in [7, 11) is 3.07. The normalized spacial score (nSPS) is 12.0. The Morgan fingerprint density at radius 3 is 2.00 bits per heavy atom. The summed E-state index contributed by atoms with van der Waals surface area (Å²) in [5.41, 5.74) is -3.53. The van der Waals surface area contributed by atoms with Gasteiger partial charge in [0.15, 0.2) is 0 Å². The average Bonchev–Trinajstić information content (AvgIpc) is 2.53. The van der Waals surface area contributed by atoms with Crippen molar-refractivity contribution in [2.24, 2.45) is 0 Å². The van der Waals surface area contributed by atoms with Crippen LogP contribution >= 0.6 is 0 Å². The number of hydrogen-bond acceptors (Lipinski definition) is 2. The Balaban J connectivity index is 2.45. The van der Waals surface area contributed by atoms with Gasteiger partial charge in [0.1, 0.15) is 0 Å². The van der Waals surface area contributed by atoms with E-state index in [1.807, 2.05) is 5.32 Å². The minimum absolute atomic E-state index is 0.228. The lowest BCUT2D eigenvalue weighted by atomic mass is 10.1. The second-order valence-electron chi connectivity index (χ2n) is 5.62. The third kappa shape index (κ3) is 4.27. The zero-order valence-corrected chi connectivity index (χ0v) is 13.7. The van der Waals surface area contributed by atoms with Crippen molar-refractivity contribution in [1.29, 1.82) is 0 Å². The molecule has 0 saturated carbocycles. The van der Waals surface area contributed by atoms with Gasteiger partial charge in [-0.15, -0.1) is 0 Å². The number of anilines is 2. The number of benzene rings is 2. The summed E-state index contributed by atoms with van der Waals surface area (Å²) in [5, 5.41) is 1.93. The van der Waals surface area contributed by atoms with Crippen LogP contribution in [0.1, 0.15) is 21.5 Å². The summed E-state index contributed by atoms with van der Waals surface area (Å²) in [6.07, 6.45) is -9.60. The summed E-state index contributed by atoms with van der Waals surface area (Å²) in [5.74, 6) is -1.28. The Morgan fingerprint density at radius 1 is 0.885 bits per heavy atom. The molecular weight excluding hydrogens is 362 g/mol. The molecule has 140 valence electrons. The van der Waals surface area contributed by atoms with E-state index in [2.05, 4.69) is 0 Å². The van der Waals surface area contributed by atoms with Crippen LogP contribution in [-0.4, -0.2) is 20.0 Å². The SMILES string of the molecule is CN(C)c1ccc(NC(=O)c2ccccc2C(F)(F)F)c(C(F)(F)F)c1. The highest BCUT2D eigenvalue weighted by Gasteiger charge is 2.37. The molecule has 0 atom stereocenters. The summed E-state index contributed by atoms with van der Waals surface area (Å²) >= 11 is 0. The number of nitrogens with one attached hydrogen (secondary N) is 1. The molecule has 0 radical (unpaired) electrons. The topological polar surface area (TPSA) is 32.3 Å². The van der Waals surface area contributed by atoms with Crippen LogP contribution in [0.4, 0.5) is 37.7 Å². The van der Waals surface area contributed by atoms with E-state index in [0.29, 0.717) is 6.07 Å². The monoisotopic (exact) mass is 376 g/mol. The number of carbonyl (C=O) groups is 1. The first-order chi connectivity index (χ1) is 11.9. The maximum Gasteiger partial charge on any atom is 0.418 e. The molecule has 1 N–H and O–H groups in total. The molecule has 26 heavy (non-hydrogen) atoms. The molecule has 0 aliphatic heterocycles. The van der Waals surface area contributed by atoms with E-state index in [4.69, 9.17) is 0 Å². The van der Waals surface area contributed by atoms with Crippen LogP contribution in [0.25, 0.3) is 0 Å². The largest absolute Gasteiger partial charge is 0.418 e. The molecule has 0 aliphatic rings. The van der Waals surface area contributed by atoms with E-state index in [1.165, 1.54) is 31.1 Å². The standard InChI is InChI=1S/C17H14F6N2O/c1-25(2)10-7-8-14(13(9-10)17(21,22)23)24-15(26)11-5-3-4-6-12(11)16(18,19)20/h3-9H,1-2H3,(H,24,26). The summed E-state index contributed by atoms with van der Waals surface area (Å²) in [4.78, 5) is 13.6. The molecule has 0 bridgehead atoms. The Kier molecular flexibility index (Phi) is 5.20. The van der Waals surface area contributed by atoms with Gasteiger partial charge in [0.25, 0.3) is 5.91 Å². The molecule has 0 heterocycles. The molecule has 0 aromatic heterocycles. The van der Waals surface area contributed by atoms with Gasteiger partial charge >= 0.3 is 12.4 Å². The second kappa shape index (κ2) is 6.89. The van der Waals surface area contributed by atoms with Gasteiger partial charge in [0.05, 0.1) is 22.4 Å². The molecule has 0 spiro atoms. The molecule has 2 rings (SSSR count). The lowest BCUT2D eigenvalue weighted by molar-refractivity contribution is -0.138. The third-order valence-corrected chi connectivity index (χ3v) is 3.55. The molecule has 1 amide bonds. The fourth-order valence-electron chi connectivity index (χ4n) is 2.27. The molecule has 0 aliphatic carbocycles. The maximum absolute atomic E-state index is 13.3. The number of rotatable bonds is 3. The minimum atomic E-state index is -4.81. The molecule has 0 unspecified atom stereocenters. The van der Waals surface area contributed by atoms with Gasteiger partial charge < -0.3 is 10.2 Å². The van der Waals surface area contributed by atoms with E-state index in [1.54, 1.807) is 0 Å². The number of nitrogens with zero attached hydrogens (tertiary/aromatic N) is 1. The van der Waals surface area contributed by atoms with E-state index in [-0.39, 0.29) is 5.69 Å². The molecule has 0 saturated heterocycles. The molecule has 2 aromatic carbocycles. The molecule has 0 fully saturated rings. The van der Waals surface area contributed by atoms with Gasteiger partial charge in [-0.05, 0) is 30.3 Å². The van der Waals surface area contributed by atoms with Crippen molar-refractivity contribution in [1.82, 2.24) is 0 Å². The predicted octanol–water partition coefficient (Wildman–Crippen LogP) is 5.04. The second-order valence-corrected chi connectivity index (χ2v) is 5.62. The molecule has 2 aromatic rings. The smallest absolute Gasteiger partial charge is 0.378 e. The number of amides is 1. The zero-order chi connectivity index (χ0) is 19.7. The van der Waals surface area contributed by atoms with Gasteiger partial charge in [-0.1, -0.05) is 12.1 Å². The number of halogens is 6. The van der Waals surface area contributed by atoms with Crippen LogP contribution in [0.2, 0.25) is 0 Å². The summed E-state index contributed by atoms with van der Waals surface area (Å²) in [6.45, 7) is 0. The minimum Gasteiger partial charge on any atom is -0.378 e. The van der Waals surface area contributed by atoms with Crippen LogP contribution in [-0.2, 0) is 12.4 Å². The Labute approximate surface area is 145 Å². The van der Waals surface area contributed by atoms with E-state index in [9.17, 15) is 31.1 Å². The van der Waals surface area contributed by atoms with Crippen molar-refractivity contribution >= 4 is 17.3 Å². The van der Waals surface area contributed by atoms with E-state index < -0.39 is 40.6 Å². The van der Waals surface area contributed by atoms with Crippen molar-refractivity contribution < 1.29 is 31.1 Å². The van der Waals surface area contributed by atoms with Gasteiger partial charge in [-0.3, -0.25) is 4.79 Å². The first-order valence-corrected chi connectivity index (χ1v) is 7.27. The van der Waals surface area contributed by atoms with Gasteiger partial charge in [-0.25, -0.2) is 0 Å². The first-order valence-electron chi connectivity index (χ1n) is 7.27. The molecular formula is C17H14F6N2O. The van der Waals surface area contributed by atoms with Crippen molar-refractivity contribution in [3.8, 4) is 0 Å². The Bertz CT molecular complexity index is 812. The number of alkyl halides is 6. The third-order valence-electron chi connectivity index (χ3n) is 3.55. The van der Waals surface area contributed by atoms with Gasteiger partial charge in [0.2, 0.25) is 0 Å². The lowest BCUT2D eigenvalue weighted by Gasteiger charge is -2.19. The van der Waals surface area contributed by atoms with Crippen LogP contribution in [0.5, 0.6) is 0 Å². The molecule has 3 nitrogen and oxygen atoms in total. The van der Waals surface area contributed by atoms with Gasteiger partial charge in [-0.2, -0.15) is 26.3 Å². The number of carbonyl (C=O) groups excluding carboxylic acids is 1. The highest BCUT2D eigenvalue weighted by atomic mass is 19.4. The first kappa shape index (κ1) is 19.6. The average molecular weight is 376 g/mol. The summed E-state index contributed by atoms with van der Waals surface area (Å²) in [6, 6.07) is 7.02.